The molecular weight excluding hydrogens is 310 g/mol. The second kappa shape index (κ2) is 8.96. The molecule has 0 radical (unpaired) electrons. The van der Waals surface area contributed by atoms with Crippen molar-refractivity contribution in [2.24, 2.45) is 5.92 Å². The maximum absolute atomic E-state index is 12.3. The lowest BCUT2D eigenvalue weighted by Crippen LogP contribution is -2.48. The molecule has 0 heterocycles. The minimum Gasteiger partial charge on any atom is -0.458 e. The molecule has 0 saturated heterocycles. The van der Waals surface area contributed by atoms with Gasteiger partial charge in [0.15, 0.2) is 0 Å². The standard InChI is InChI=1S/C18H27NO3S/c1-6-13(2)16(17(21)22-18(3,4)5)19-15(20)12-23-14-10-8-7-9-11-14/h7-11,13,16H,6,12H2,1-5H3,(H,19,20)/t13-,16-/m0/s1. The van der Waals surface area contributed by atoms with Gasteiger partial charge in [-0.15, -0.1) is 11.8 Å². The number of carbonyl (C=O) groups is 2. The second-order valence-corrected chi connectivity index (χ2v) is 7.61. The van der Waals surface area contributed by atoms with E-state index in [-0.39, 0.29) is 23.5 Å². The largest absolute Gasteiger partial charge is 0.458 e. The molecule has 0 spiro atoms. The molecule has 5 heteroatoms. The Morgan fingerprint density at radius 2 is 1.83 bits per heavy atom. The minimum atomic E-state index is -0.608. The van der Waals surface area contributed by atoms with Gasteiger partial charge in [0, 0.05) is 4.90 Å². The Morgan fingerprint density at radius 3 is 2.35 bits per heavy atom. The van der Waals surface area contributed by atoms with Gasteiger partial charge in [-0.2, -0.15) is 0 Å². The first-order valence-electron chi connectivity index (χ1n) is 7.93. The number of esters is 1. The van der Waals surface area contributed by atoms with Crippen LogP contribution in [0, 0.1) is 5.92 Å². The molecule has 0 aliphatic carbocycles. The Morgan fingerprint density at radius 1 is 1.22 bits per heavy atom. The number of thioether (sulfide) groups is 1. The minimum absolute atomic E-state index is 0.0236. The second-order valence-electron chi connectivity index (χ2n) is 6.57. The first kappa shape index (κ1) is 19.6. The Labute approximate surface area is 143 Å². The molecule has 0 aliphatic rings. The van der Waals surface area contributed by atoms with Crippen molar-refractivity contribution in [2.75, 3.05) is 5.75 Å². The van der Waals surface area contributed by atoms with Crippen molar-refractivity contribution in [3.63, 3.8) is 0 Å². The van der Waals surface area contributed by atoms with Crippen molar-refractivity contribution in [3.8, 4) is 0 Å². The van der Waals surface area contributed by atoms with Gasteiger partial charge < -0.3 is 10.1 Å². The van der Waals surface area contributed by atoms with E-state index < -0.39 is 11.6 Å². The third-order valence-corrected chi connectivity index (χ3v) is 4.32. The van der Waals surface area contributed by atoms with Crippen molar-refractivity contribution >= 4 is 23.6 Å². The van der Waals surface area contributed by atoms with Crippen molar-refractivity contribution in [1.29, 1.82) is 0 Å². The molecule has 1 amide bonds. The van der Waals surface area contributed by atoms with Crippen molar-refractivity contribution in [1.82, 2.24) is 5.32 Å². The molecular formula is C18H27NO3S. The molecule has 0 unspecified atom stereocenters. The first-order chi connectivity index (χ1) is 10.7. The summed E-state index contributed by atoms with van der Waals surface area (Å²) in [6.07, 6.45) is 0.788. The van der Waals surface area contributed by atoms with Crippen molar-refractivity contribution in [3.05, 3.63) is 30.3 Å². The van der Waals surface area contributed by atoms with Gasteiger partial charge in [-0.3, -0.25) is 4.79 Å². The zero-order chi connectivity index (χ0) is 17.5. The van der Waals surface area contributed by atoms with E-state index in [1.165, 1.54) is 11.8 Å². The van der Waals surface area contributed by atoms with Gasteiger partial charge in [-0.25, -0.2) is 4.79 Å². The average molecular weight is 337 g/mol. The number of rotatable bonds is 7. The molecule has 128 valence electrons. The molecule has 1 aromatic carbocycles. The average Bonchev–Trinajstić information content (AvgIpc) is 2.49. The highest BCUT2D eigenvalue weighted by molar-refractivity contribution is 8.00. The molecule has 1 aromatic rings. The molecule has 1 rings (SSSR count). The smallest absolute Gasteiger partial charge is 0.329 e. The number of nitrogens with one attached hydrogen (secondary N) is 1. The number of carbonyl (C=O) groups excluding carboxylic acids is 2. The fourth-order valence-electron chi connectivity index (χ4n) is 1.92. The third kappa shape index (κ3) is 7.55. The summed E-state index contributed by atoms with van der Waals surface area (Å²) in [5.41, 5.74) is -0.563. The van der Waals surface area contributed by atoms with E-state index in [9.17, 15) is 9.59 Å². The fraction of sp³-hybridized carbons (Fsp3) is 0.556. The van der Waals surface area contributed by atoms with Crippen LogP contribution in [-0.2, 0) is 14.3 Å². The lowest BCUT2D eigenvalue weighted by molar-refractivity contribution is -0.160. The zero-order valence-electron chi connectivity index (χ0n) is 14.6. The van der Waals surface area contributed by atoms with Crippen LogP contribution in [0.1, 0.15) is 41.0 Å². The molecule has 0 bridgehead atoms. The van der Waals surface area contributed by atoms with E-state index >= 15 is 0 Å². The normalized spacial score (nSPS) is 14.0. The molecule has 0 saturated carbocycles. The van der Waals surface area contributed by atoms with Crippen LogP contribution in [-0.4, -0.2) is 29.3 Å². The Kier molecular flexibility index (Phi) is 7.62. The highest BCUT2D eigenvalue weighted by Gasteiger charge is 2.30. The van der Waals surface area contributed by atoms with Gasteiger partial charge in [-0.05, 0) is 38.8 Å². The van der Waals surface area contributed by atoms with Crippen LogP contribution in [0.3, 0.4) is 0 Å². The number of ether oxygens (including phenoxy) is 1. The third-order valence-electron chi connectivity index (χ3n) is 3.30. The molecule has 0 aromatic heterocycles. The number of hydrogen-bond donors (Lipinski definition) is 1. The van der Waals surface area contributed by atoms with Crippen molar-refractivity contribution in [2.45, 2.75) is 57.6 Å². The predicted octanol–water partition coefficient (Wildman–Crippen LogP) is 3.65. The maximum Gasteiger partial charge on any atom is 0.329 e. The molecule has 23 heavy (non-hydrogen) atoms. The summed E-state index contributed by atoms with van der Waals surface area (Å²) in [7, 11) is 0. The van der Waals surface area contributed by atoms with Crippen LogP contribution < -0.4 is 5.32 Å². The fourth-order valence-corrected chi connectivity index (χ4v) is 2.65. The van der Waals surface area contributed by atoms with Gasteiger partial charge in [-0.1, -0.05) is 38.5 Å². The summed E-state index contributed by atoms with van der Waals surface area (Å²) in [5.74, 6) is -0.227. The van der Waals surface area contributed by atoms with Gasteiger partial charge in [0.25, 0.3) is 0 Å². The molecule has 1 N–H and O–H groups in total. The number of amides is 1. The molecule has 0 fully saturated rings. The van der Waals surface area contributed by atoms with Gasteiger partial charge >= 0.3 is 5.97 Å². The van der Waals surface area contributed by atoms with E-state index in [0.29, 0.717) is 0 Å². The summed E-state index contributed by atoms with van der Waals surface area (Å²) in [6, 6.07) is 9.11. The SMILES string of the molecule is CC[C@H](C)[C@H](NC(=O)CSc1ccccc1)C(=O)OC(C)(C)C. The van der Waals surface area contributed by atoms with E-state index in [0.717, 1.165) is 11.3 Å². The molecule has 0 aliphatic heterocycles. The summed E-state index contributed by atoms with van der Waals surface area (Å²) >= 11 is 1.45. The number of hydrogen-bond acceptors (Lipinski definition) is 4. The summed E-state index contributed by atoms with van der Waals surface area (Å²) in [4.78, 5) is 25.5. The van der Waals surface area contributed by atoms with E-state index in [1.807, 2.05) is 65.0 Å². The maximum atomic E-state index is 12.3. The summed E-state index contributed by atoms with van der Waals surface area (Å²) in [6.45, 7) is 9.41. The number of benzene rings is 1. The van der Waals surface area contributed by atoms with Crippen LogP contribution in [0.15, 0.2) is 35.2 Å². The molecule has 2 atom stereocenters. The van der Waals surface area contributed by atoms with Crippen LogP contribution in [0.25, 0.3) is 0 Å². The van der Waals surface area contributed by atoms with Crippen LogP contribution in [0.5, 0.6) is 0 Å². The highest BCUT2D eigenvalue weighted by Crippen LogP contribution is 2.18. The van der Waals surface area contributed by atoms with Gasteiger partial charge in [0.2, 0.25) is 5.91 Å². The summed E-state index contributed by atoms with van der Waals surface area (Å²) in [5, 5.41) is 2.83. The van der Waals surface area contributed by atoms with E-state index in [2.05, 4.69) is 5.32 Å². The van der Waals surface area contributed by atoms with Crippen LogP contribution in [0.2, 0.25) is 0 Å². The predicted molar refractivity (Wildman–Crippen MR) is 94.4 cm³/mol. The van der Waals surface area contributed by atoms with Crippen LogP contribution in [0.4, 0.5) is 0 Å². The van der Waals surface area contributed by atoms with Crippen LogP contribution >= 0.6 is 11.8 Å². The van der Waals surface area contributed by atoms with Crippen molar-refractivity contribution < 1.29 is 14.3 Å². The topological polar surface area (TPSA) is 55.4 Å². The van der Waals surface area contributed by atoms with E-state index in [4.69, 9.17) is 4.74 Å². The molecule has 4 nitrogen and oxygen atoms in total. The Hall–Kier alpha value is -1.49. The Bertz CT molecular complexity index is 511. The van der Waals surface area contributed by atoms with E-state index in [1.54, 1.807) is 0 Å². The summed E-state index contributed by atoms with van der Waals surface area (Å²) < 4.78 is 5.43. The van der Waals surface area contributed by atoms with Gasteiger partial charge in [0.05, 0.1) is 5.75 Å². The quantitative estimate of drug-likeness (QED) is 0.609. The lowest BCUT2D eigenvalue weighted by atomic mass is 9.99. The Balaban J connectivity index is 2.62. The highest BCUT2D eigenvalue weighted by atomic mass is 32.2. The van der Waals surface area contributed by atoms with Gasteiger partial charge in [0.1, 0.15) is 11.6 Å². The monoisotopic (exact) mass is 337 g/mol. The lowest BCUT2D eigenvalue weighted by Gasteiger charge is -2.27. The zero-order valence-corrected chi connectivity index (χ0v) is 15.4. The first-order valence-corrected chi connectivity index (χ1v) is 8.91.